The van der Waals surface area contributed by atoms with Gasteiger partial charge in [0.25, 0.3) is 0 Å². The molecule has 0 spiro atoms. The molecule has 0 amide bonds. The summed E-state index contributed by atoms with van der Waals surface area (Å²) < 4.78 is 3.12. The average Bonchev–Trinajstić information content (AvgIpc) is 2.68. The van der Waals surface area contributed by atoms with Crippen LogP contribution in [-0.2, 0) is 20.0 Å². The van der Waals surface area contributed by atoms with Crippen LogP contribution >= 0.6 is 15.9 Å². The number of hydrogen-bond donors (Lipinski definition) is 0. The highest BCUT2D eigenvalue weighted by Crippen LogP contribution is 2.33. The van der Waals surface area contributed by atoms with Gasteiger partial charge in [-0.2, -0.15) is 5.10 Å². The molecule has 1 aliphatic rings. The van der Waals surface area contributed by atoms with Crippen LogP contribution in [0.5, 0.6) is 0 Å². The fraction of sp³-hybridized carbons (Fsp3) is 0.438. The molecular weight excluding hydrogens is 314 g/mol. The van der Waals surface area contributed by atoms with Gasteiger partial charge in [0.1, 0.15) is 0 Å². The van der Waals surface area contributed by atoms with Crippen LogP contribution in [0.3, 0.4) is 0 Å². The van der Waals surface area contributed by atoms with E-state index < -0.39 is 0 Å². The van der Waals surface area contributed by atoms with Gasteiger partial charge in [-0.15, -0.1) is 0 Å². The van der Waals surface area contributed by atoms with E-state index in [0.717, 1.165) is 16.7 Å². The summed E-state index contributed by atoms with van der Waals surface area (Å²) >= 11 is 3.68. The van der Waals surface area contributed by atoms with Crippen LogP contribution in [0.2, 0.25) is 0 Å². The Morgan fingerprint density at radius 2 is 2.10 bits per heavy atom. The highest BCUT2D eigenvalue weighted by molar-refractivity contribution is 9.10. The van der Waals surface area contributed by atoms with Gasteiger partial charge in [-0.3, -0.25) is 4.68 Å². The molecule has 0 N–H and O–H groups in total. The summed E-state index contributed by atoms with van der Waals surface area (Å²) in [4.78, 5) is 2.50. The lowest BCUT2D eigenvalue weighted by Gasteiger charge is -2.37. The van der Waals surface area contributed by atoms with Crippen LogP contribution in [0.15, 0.2) is 28.7 Å². The van der Waals surface area contributed by atoms with E-state index in [-0.39, 0.29) is 0 Å². The summed E-state index contributed by atoms with van der Waals surface area (Å²) in [5.74, 6) is 0. The van der Waals surface area contributed by atoms with E-state index in [1.807, 2.05) is 18.7 Å². The van der Waals surface area contributed by atoms with Gasteiger partial charge >= 0.3 is 0 Å². The highest BCUT2D eigenvalue weighted by atomic mass is 79.9. The van der Waals surface area contributed by atoms with Crippen molar-refractivity contribution in [2.75, 3.05) is 4.90 Å². The molecule has 0 bridgehead atoms. The third-order valence-electron chi connectivity index (χ3n) is 4.25. The Bertz CT molecular complexity index is 633. The van der Waals surface area contributed by atoms with E-state index in [9.17, 15) is 0 Å². The second-order valence-corrected chi connectivity index (χ2v) is 6.41. The maximum atomic E-state index is 4.50. The van der Waals surface area contributed by atoms with Crippen LogP contribution in [0, 0.1) is 6.92 Å². The molecule has 1 aliphatic heterocycles. The molecule has 0 saturated heterocycles. The van der Waals surface area contributed by atoms with Crippen molar-refractivity contribution in [3.63, 3.8) is 0 Å². The predicted octanol–water partition coefficient (Wildman–Crippen LogP) is 3.83. The fourth-order valence-corrected chi connectivity index (χ4v) is 3.48. The maximum absolute atomic E-state index is 4.50. The molecule has 4 heteroatoms. The Morgan fingerprint density at radius 1 is 1.35 bits per heavy atom. The minimum Gasteiger partial charge on any atom is -0.363 e. The molecule has 1 aromatic carbocycles. The Morgan fingerprint density at radius 3 is 2.80 bits per heavy atom. The number of anilines is 1. The van der Waals surface area contributed by atoms with Crippen LogP contribution in [0.4, 0.5) is 5.69 Å². The summed E-state index contributed by atoms with van der Waals surface area (Å²) in [7, 11) is 2.02. The van der Waals surface area contributed by atoms with Crippen LogP contribution in [0.25, 0.3) is 0 Å². The molecule has 1 unspecified atom stereocenters. The molecule has 1 aromatic heterocycles. The van der Waals surface area contributed by atoms with Crippen molar-refractivity contribution in [1.82, 2.24) is 9.78 Å². The second-order valence-electron chi connectivity index (χ2n) is 5.61. The van der Waals surface area contributed by atoms with Gasteiger partial charge in [-0.1, -0.05) is 18.2 Å². The number of aromatic nitrogens is 2. The third-order valence-corrected chi connectivity index (χ3v) is 5.28. The van der Waals surface area contributed by atoms with Crippen molar-refractivity contribution in [2.24, 2.45) is 7.05 Å². The van der Waals surface area contributed by atoms with Crippen molar-refractivity contribution in [3.05, 3.63) is 45.7 Å². The Labute approximate surface area is 128 Å². The van der Waals surface area contributed by atoms with Gasteiger partial charge < -0.3 is 4.90 Å². The molecule has 3 rings (SSSR count). The van der Waals surface area contributed by atoms with Crippen LogP contribution < -0.4 is 4.90 Å². The van der Waals surface area contributed by atoms with E-state index in [2.05, 4.69) is 57.1 Å². The molecule has 2 heterocycles. The lowest BCUT2D eigenvalue weighted by molar-refractivity contribution is 0.545. The highest BCUT2D eigenvalue weighted by Gasteiger charge is 2.24. The smallest absolute Gasteiger partial charge is 0.0739 e. The number of fused-ring (bicyclic) bond motifs is 1. The Balaban J connectivity index is 1.98. The fourth-order valence-electron chi connectivity index (χ4n) is 3.01. The normalized spacial score (nSPS) is 18.2. The minimum atomic E-state index is 0.562. The standard InChI is InChI=1S/C16H20BrN3/c1-11-8-9-13-6-4-5-7-14(13)20(11)10-15-16(17)12(2)18-19(15)3/h4-7,11H,8-10H2,1-3H3. The number of benzene rings is 1. The zero-order valence-electron chi connectivity index (χ0n) is 12.2. The lowest BCUT2D eigenvalue weighted by atomic mass is 9.96. The first-order valence-corrected chi connectivity index (χ1v) is 7.89. The van der Waals surface area contributed by atoms with E-state index in [1.165, 1.54) is 29.8 Å². The first-order chi connectivity index (χ1) is 9.58. The van der Waals surface area contributed by atoms with Crippen LogP contribution in [-0.4, -0.2) is 15.8 Å². The number of para-hydroxylation sites is 1. The van der Waals surface area contributed by atoms with Crippen molar-refractivity contribution in [3.8, 4) is 0 Å². The minimum absolute atomic E-state index is 0.562. The molecule has 0 aliphatic carbocycles. The molecule has 3 nitrogen and oxygen atoms in total. The number of hydrogen-bond acceptors (Lipinski definition) is 2. The Kier molecular flexibility index (Phi) is 3.59. The average molecular weight is 334 g/mol. The second kappa shape index (κ2) is 5.24. The van der Waals surface area contributed by atoms with Gasteiger partial charge in [0.15, 0.2) is 0 Å². The van der Waals surface area contributed by atoms with E-state index in [1.54, 1.807) is 0 Å². The van der Waals surface area contributed by atoms with Gasteiger partial charge in [0.05, 0.1) is 22.4 Å². The third kappa shape index (κ3) is 2.26. The number of halogens is 1. The largest absolute Gasteiger partial charge is 0.363 e. The molecular formula is C16H20BrN3. The maximum Gasteiger partial charge on any atom is 0.0739 e. The van der Waals surface area contributed by atoms with E-state index in [4.69, 9.17) is 0 Å². The Hall–Kier alpha value is -1.29. The number of rotatable bonds is 2. The monoisotopic (exact) mass is 333 g/mol. The van der Waals surface area contributed by atoms with E-state index in [0.29, 0.717) is 6.04 Å². The summed E-state index contributed by atoms with van der Waals surface area (Å²) in [5, 5.41) is 4.50. The van der Waals surface area contributed by atoms with Crippen molar-refractivity contribution >= 4 is 21.6 Å². The van der Waals surface area contributed by atoms with Crippen molar-refractivity contribution in [1.29, 1.82) is 0 Å². The molecule has 20 heavy (non-hydrogen) atoms. The molecule has 2 aromatic rings. The molecule has 0 radical (unpaired) electrons. The zero-order valence-corrected chi connectivity index (χ0v) is 13.8. The molecule has 106 valence electrons. The van der Waals surface area contributed by atoms with Gasteiger partial charge in [0.2, 0.25) is 0 Å². The van der Waals surface area contributed by atoms with Gasteiger partial charge in [0, 0.05) is 18.8 Å². The summed E-state index contributed by atoms with van der Waals surface area (Å²) in [6.07, 6.45) is 2.39. The summed E-state index contributed by atoms with van der Waals surface area (Å²) in [6.45, 7) is 5.25. The van der Waals surface area contributed by atoms with Gasteiger partial charge in [-0.25, -0.2) is 0 Å². The molecule has 0 saturated carbocycles. The number of aryl methyl sites for hydroxylation is 3. The first kappa shape index (κ1) is 13.7. The van der Waals surface area contributed by atoms with Crippen molar-refractivity contribution < 1.29 is 0 Å². The molecule has 1 atom stereocenters. The van der Waals surface area contributed by atoms with Crippen molar-refractivity contribution in [2.45, 2.75) is 39.3 Å². The lowest BCUT2D eigenvalue weighted by Crippen LogP contribution is -2.37. The summed E-state index contributed by atoms with van der Waals surface area (Å²) in [5.41, 5.74) is 5.13. The quantitative estimate of drug-likeness (QED) is 0.832. The van der Waals surface area contributed by atoms with Gasteiger partial charge in [-0.05, 0) is 54.2 Å². The topological polar surface area (TPSA) is 21.1 Å². The SMILES string of the molecule is Cc1nn(C)c(CN2c3ccccc3CCC2C)c1Br. The predicted molar refractivity (Wildman–Crippen MR) is 86.1 cm³/mol. The van der Waals surface area contributed by atoms with E-state index >= 15 is 0 Å². The summed E-state index contributed by atoms with van der Waals surface area (Å²) in [6, 6.07) is 9.32. The number of nitrogens with zero attached hydrogens (tertiary/aromatic N) is 3. The first-order valence-electron chi connectivity index (χ1n) is 7.10. The zero-order chi connectivity index (χ0) is 14.3. The van der Waals surface area contributed by atoms with Crippen LogP contribution in [0.1, 0.15) is 30.3 Å². The molecule has 0 fully saturated rings.